The van der Waals surface area contributed by atoms with E-state index in [1.54, 1.807) is 20.9 Å². The molecule has 1 aliphatic heterocycles. The molecule has 108 valence electrons. The molecule has 0 saturated carbocycles. The molecule has 0 spiro atoms. The molecule has 1 fully saturated rings. The van der Waals surface area contributed by atoms with Crippen molar-refractivity contribution in [2.24, 2.45) is 5.41 Å². The van der Waals surface area contributed by atoms with Crippen LogP contribution < -0.4 is 10.6 Å². The van der Waals surface area contributed by atoms with Gasteiger partial charge in [-0.25, -0.2) is 0 Å². The molecule has 1 saturated heterocycles. The van der Waals surface area contributed by atoms with Crippen LogP contribution in [-0.4, -0.2) is 48.3 Å². The Labute approximate surface area is 113 Å². The minimum absolute atomic E-state index is 0.0995. The Hall–Kier alpha value is -1.43. The van der Waals surface area contributed by atoms with Gasteiger partial charge >= 0.3 is 0 Å². The van der Waals surface area contributed by atoms with Crippen LogP contribution in [0.15, 0.2) is 0 Å². The second-order valence-corrected chi connectivity index (χ2v) is 5.80. The molecule has 1 atom stereocenters. The second kappa shape index (κ2) is 5.69. The van der Waals surface area contributed by atoms with E-state index in [9.17, 15) is 14.4 Å². The molecule has 6 nitrogen and oxygen atoms in total. The summed E-state index contributed by atoms with van der Waals surface area (Å²) in [6.07, 6.45) is 0.167. The highest BCUT2D eigenvalue weighted by molar-refractivity contribution is 6.05. The standard InChI is InChI=1S/C13H23N3O3/c1-8(2)16-10(17)6-9(11(16)18)15-7-13(3,4)12(19)14-5/h8-9,15H,6-7H2,1-5H3,(H,14,19). The smallest absolute Gasteiger partial charge is 0.247 e. The minimum Gasteiger partial charge on any atom is -0.359 e. The van der Waals surface area contributed by atoms with Crippen LogP contribution in [0, 0.1) is 5.41 Å². The summed E-state index contributed by atoms with van der Waals surface area (Å²) >= 11 is 0. The van der Waals surface area contributed by atoms with Gasteiger partial charge in [0.05, 0.1) is 17.9 Å². The van der Waals surface area contributed by atoms with Gasteiger partial charge in [0, 0.05) is 19.6 Å². The van der Waals surface area contributed by atoms with Crippen molar-refractivity contribution in [1.82, 2.24) is 15.5 Å². The molecule has 0 radical (unpaired) electrons. The maximum atomic E-state index is 12.1. The Balaban J connectivity index is 2.63. The van der Waals surface area contributed by atoms with E-state index in [4.69, 9.17) is 0 Å². The van der Waals surface area contributed by atoms with E-state index >= 15 is 0 Å². The number of amides is 3. The molecule has 0 bridgehead atoms. The van der Waals surface area contributed by atoms with E-state index < -0.39 is 11.5 Å². The Morgan fingerprint density at radius 2 is 2.00 bits per heavy atom. The summed E-state index contributed by atoms with van der Waals surface area (Å²) in [7, 11) is 1.58. The van der Waals surface area contributed by atoms with E-state index in [2.05, 4.69) is 10.6 Å². The zero-order valence-corrected chi connectivity index (χ0v) is 12.2. The Kier molecular flexibility index (Phi) is 4.68. The summed E-state index contributed by atoms with van der Waals surface area (Å²) < 4.78 is 0. The van der Waals surface area contributed by atoms with Crippen LogP contribution in [0.1, 0.15) is 34.1 Å². The van der Waals surface area contributed by atoms with Gasteiger partial charge in [-0.2, -0.15) is 0 Å². The Morgan fingerprint density at radius 3 is 2.42 bits per heavy atom. The average Bonchev–Trinajstić information content (AvgIpc) is 2.60. The Morgan fingerprint density at radius 1 is 1.42 bits per heavy atom. The van der Waals surface area contributed by atoms with Crippen molar-refractivity contribution < 1.29 is 14.4 Å². The molecular weight excluding hydrogens is 246 g/mol. The normalized spacial score (nSPS) is 20.3. The molecule has 3 amide bonds. The van der Waals surface area contributed by atoms with Crippen molar-refractivity contribution in [1.29, 1.82) is 0 Å². The molecule has 0 aromatic rings. The molecule has 1 aliphatic rings. The van der Waals surface area contributed by atoms with Crippen molar-refractivity contribution >= 4 is 17.7 Å². The van der Waals surface area contributed by atoms with Crippen LogP contribution in [0.3, 0.4) is 0 Å². The van der Waals surface area contributed by atoms with Crippen molar-refractivity contribution in [2.45, 2.75) is 46.2 Å². The lowest BCUT2D eigenvalue weighted by Gasteiger charge is -2.25. The van der Waals surface area contributed by atoms with Gasteiger partial charge in [-0.1, -0.05) is 0 Å². The van der Waals surface area contributed by atoms with Gasteiger partial charge in [0.1, 0.15) is 0 Å². The predicted molar refractivity (Wildman–Crippen MR) is 71.2 cm³/mol. The van der Waals surface area contributed by atoms with Crippen LogP contribution >= 0.6 is 0 Å². The van der Waals surface area contributed by atoms with Crippen molar-refractivity contribution in [3.63, 3.8) is 0 Å². The summed E-state index contributed by atoms with van der Waals surface area (Å²) in [4.78, 5) is 36.7. The lowest BCUT2D eigenvalue weighted by atomic mass is 9.92. The highest BCUT2D eigenvalue weighted by Crippen LogP contribution is 2.19. The summed E-state index contributed by atoms with van der Waals surface area (Å²) in [5.41, 5.74) is -0.622. The van der Waals surface area contributed by atoms with Crippen LogP contribution in [0.5, 0.6) is 0 Å². The molecule has 0 aliphatic carbocycles. The van der Waals surface area contributed by atoms with Crippen LogP contribution in [0.4, 0.5) is 0 Å². The first-order valence-corrected chi connectivity index (χ1v) is 6.52. The van der Waals surface area contributed by atoms with Crippen LogP contribution in [0.2, 0.25) is 0 Å². The topological polar surface area (TPSA) is 78.5 Å². The number of nitrogens with zero attached hydrogens (tertiary/aromatic N) is 1. The third kappa shape index (κ3) is 3.32. The molecule has 6 heteroatoms. The first-order valence-electron chi connectivity index (χ1n) is 6.52. The fourth-order valence-corrected chi connectivity index (χ4v) is 2.15. The van der Waals surface area contributed by atoms with Gasteiger partial charge < -0.3 is 10.6 Å². The third-order valence-electron chi connectivity index (χ3n) is 3.33. The predicted octanol–water partition coefficient (Wildman–Crippen LogP) is -0.116. The van der Waals surface area contributed by atoms with E-state index in [-0.39, 0.29) is 30.2 Å². The van der Waals surface area contributed by atoms with Crippen LogP contribution in [-0.2, 0) is 14.4 Å². The summed E-state index contributed by atoms with van der Waals surface area (Å²) in [6.45, 7) is 7.56. The zero-order valence-electron chi connectivity index (χ0n) is 12.2. The molecule has 1 rings (SSSR count). The zero-order chi connectivity index (χ0) is 14.8. The average molecular weight is 269 g/mol. The quantitative estimate of drug-likeness (QED) is 0.682. The molecular formula is C13H23N3O3. The minimum atomic E-state index is -0.622. The van der Waals surface area contributed by atoms with Gasteiger partial charge in [0.2, 0.25) is 17.7 Å². The number of nitrogens with one attached hydrogen (secondary N) is 2. The maximum Gasteiger partial charge on any atom is 0.247 e. The molecule has 1 unspecified atom stereocenters. The van der Waals surface area contributed by atoms with E-state index in [0.29, 0.717) is 6.54 Å². The first kappa shape index (κ1) is 15.6. The maximum absolute atomic E-state index is 12.1. The number of hydrogen-bond donors (Lipinski definition) is 2. The van der Waals surface area contributed by atoms with Gasteiger partial charge in [0.25, 0.3) is 0 Å². The molecule has 19 heavy (non-hydrogen) atoms. The molecule has 0 aromatic carbocycles. The van der Waals surface area contributed by atoms with Crippen LogP contribution in [0.25, 0.3) is 0 Å². The van der Waals surface area contributed by atoms with Gasteiger partial charge in [-0.15, -0.1) is 0 Å². The second-order valence-electron chi connectivity index (χ2n) is 5.80. The van der Waals surface area contributed by atoms with Crippen molar-refractivity contribution in [3.05, 3.63) is 0 Å². The number of carbonyl (C=O) groups excluding carboxylic acids is 3. The summed E-state index contributed by atoms with van der Waals surface area (Å²) in [5.74, 6) is -0.458. The highest BCUT2D eigenvalue weighted by atomic mass is 16.2. The number of imide groups is 1. The first-order chi connectivity index (χ1) is 8.70. The summed E-state index contributed by atoms with van der Waals surface area (Å²) in [5, 5.41) is 5.62. The van der Waals surface area contributed by atoms with E-state index in [0.717, 1.165) is 0 Å². The van der Waals surface area contributed by atoms with Crippen molar-refractivity contribution in [2.75, 3.05) is 13.6 Å². The number of carbonyl (C=O) groups is 3. The lowest BCUT2D eigenvalue weighted by Crippen LogP contribution is -2.48. The summed E-state index contributed by atoms with van der Waals surface area (Å²) in [6, 6.07) is -0.641. The molecule has 2 N–H and O–H groups in total. The molecule has 1 heterocycles. The van der Waals surface area contributed by atoms with Gasteiger partial charge in [-0.3, -0.25) is 19.3 Å². The number of hydrogen-bond acceptors (Lipinski definition) is 4. The fourth-order valence-electron chi connectivity index (χ4n) is 2.15. The SMILES string of the molecule is CNC(=O)C(C)(C)CNC1CC(=O)N(C(C)C)C1=O. The van der Waals surface area contributed by atoms with Crippen molar-refractivity contribution in [3.8, 4) is 0 Å². The monoisotopic (exact) mass is 269 g/mol. The molecule has 0 aromatic heterocycles. The Bertz CT molecular complexity index is 391. The van der Waals surface area contributed by atoms with E-state index in [1.165, 1.54) is 4.90 Å². The fraction of sp³-hybridized carbons (Fsp3) is 0.769. The lowest BCUT2D eigenvalue weighted by molar-refractivity contribution is -0.141. The largest absolute Gasteiger partial charge is 0.359 e. The van der Waals surface area contributed by atoms with E-state index in [1.807, 2.05) is 13.8 Å². The number of rotatable bonds is 5. The van der Waals surface area contributed by atoms with Gasteiger partial charge in [-0.05, 0) is 27.7 Å². The highest BCUT2D eigenvalue weighted by Gasteiger charge is 2.40. The van der Waals surface area contributed by atoms with Gasteiger partial charge in [0.15, 0.2) is 0 Å². The number of likely N-dealkylation sites (tertiary alicyclic amines) is 1. The third-order valence-corrected chi connectivity index (χ3v) is 3.33.